The summed E-state index contributed by atoms with van der Waals surface area (Å²) < 4.78 is 5.55. The zero-order chi connectivity index (χ0) is 26.8. The number of piperazine rings is 1. The minimum absolute atomic E-state index is 0.241. The lowest BCUT2D eigenvalue weighted by Gasteiger charge is -2.32. The van der Waals surface area contributed by atoms with Crippen LogP contribution in [0.4, 0.5) is 23.4 Å². The van der Waals surface area contributed by atoms with Crippen molar-refractivity contribution in [2.75, 3.05) is 81.6 Å². The predicted octanol–water partition coefficient (Wildman–Crippen LogP) is 1.75. The fraction of sp³-hybridized carbons (Fsp3) is 0.464. The van der Waals surface area contributed by atoms with E-state index < -0.39 is 0 Å². The standard InChI is InChI=1S/C28H35N9O2/c1-34-10-12-35(13-11-34)24(38)7-4-20-2-5-22(6-3-20)37-9-8-23-25(21-18-30-27(29)31-19-21)32-28(33-26(23)37)36-14-16-39-17-15-36/h2-3,5-6,18-19H,4,7-17H2,1H3,(H2,29,30,31). The highest BCUT2D eigenvalue weighted by Crippen LogP contribution is 2.39. The maximum atomic E-state index is 12.7. The first-order chi connectivity index (χ1) is 19.0. The highest BCUT2D eigenvalue weighted by Gasteiger charge is 2.29. The Hall–Kier alpha value is -3.83. The Bertz CT molecular complexity index is 1300. The van der Waals surface area contributed by atoms with Gasteiger partial charge in [0.25, 0.3) is 0 Å². The molecule has 2 saturated heterocycles. The lowest BCUT2D eigenvalue weighted by molar-refractivity contribution is -0.132. The van der Waals surface area contributed by atoms with Crippen LogP contribution in [0.25, 0.3) is 11.3 Å². The molecule has 0 spiro atoms. The summed E-state index contributed by atoms with van der Waals surface area (Å²) in [6, 6.07) is 8.52. The Labute approximate surface area is 228 Å². The molecule has 3 aliphatic heterocycles. The third-order valence-electron chi connectivity index (χ3n) is 7.79. The topological polar surface area (TPSA) is 117 Å². The summed E-state index contributed by atoms with van der Waals surface area (Å²) in [6.07, 6.45) is 5.56. The number of amides is 1. The Morgan fingerprint density at radius 3 is 2.38 bits per heavy atom. The molecule has 11 heteroatoms. The number of carbonyl (C=O) groups is 1. The molecule has 0 bridgehead atoms. The van der Waals surface area contributed by atoms with Gasteiger partial charge in [-0.15, -0.1) is 0 Å². The van der Waals surface area contributed by atoms with Gasteiger partial charge >= 0.3 is 0 Å². The molecule has 2 N–H and O–H groups in total. The summed E-state index contributed by atoms with van der Waals surface area (Å²) in [6.45, 7) is 7.15. The van der Waals surface area contributed by atoms with Crippen LogP contribution in [0.3, 0.4) is 0 Å². The summed E-state index contributed by atoms with van der Waals surface area (Å²) in [5.74, 6) is 2.09. The first-order valence-electron chi connectivity index (χ1n) is 13.7. The van der Waals surface area contributed by atoms with Crippen molar-refractivity contribution >= 4 is 29.3 Å². The molecule has 39 heavy (non-hydrogen) atoms. The van der Waals surface area contributed by atoms with E-state index in [0.29, 0.717) is 25.6 Å². The minimum atomic E-state index is 0.241. The van der Waals surface area contributed by atoms with Gasteiger partial charge in [0.2, 0.25) is 17.8 Å². The van der Waals surface area contributed by atoms with E-state index in [-0.39, 0.29) is 11.9 Å². The van der Waals surface area contributed by atoms with Crippen LogP contribution in [0.2, 0.25) is 0 Å². The summed E-state index contributed by atoms with van der Waals surface area (Å²) in [4.78, 5) is 39.8. The van der Waals surface area contributed by atoms with Crippen LogP contribution >= 0.6 is 0 Å². The van der Waals surface area contributed by atoms with Gasteiger partial charge in [-0.25, -0.2) is 15.0 Å². The van der Waals surface area contributed by atoms with Crippen molar-refractivity contribution in [3.8, 4) is 11.3 Å². The van der Waals surface area contributed by atoms with Crippen LogP contribution < -0.4 is 15.5 Å². The minimum Gasteiger partial charge on any atom is -0.378 e. The molecule has 2 aromatic heterocycles. The second-order valence-electron chi connectivity index (χ2n) is 10.4. The maximum absolute atomic E-state index is 12.7. The van der Waals surface area contributed by atoms with Crippen molar-refractivity contribution < 1.29 is 9.53 Å². The highest BCUT2D eigenvalue weighted by atomic mass is 16.5. The number of carbonyl (C=O) groups excluding carboxylic acids is 1. The van der Waals surface area contributed by atoms with Crippen LogP contribution in [-0.2, 0) is 22.4 Å². The second kappa shape index (κ2) is 11.1. The Morgan fingerprint density at radius 1 is 0.949 bits per heavy atom. The number of hydrogen-bond acceptors (Lipinski definition) is 10. The van der Waals surface area contributed by atoms with Gasteiger partial charge in [0.15, 0.2) is 0 Å². The average Bonchev–Trinajstić information content (AvgIpc) is 3.41. The normalized spacial score (nSPS) is 17.9. The summed E-state index contributed by atoms with van der Waals surface area (Å²) >= 11 is 0. The van der Waals surface area contributed by atoms with Crippen LogP contribution in [-0.4, -0.2) is 102 Å². The van der Waals surface area contributed by atoms with E-state index in [1.807, 2.05) is 4.90 Å². The number of nitrogens with two attached hydrogens (primary N) is 1. The molecule has 0 unspecified atom stereocenters. The van der Waals surface area contributed by atoms with Gasteiger partial charge in [0.1, 0.15) is 5.82 Å². The zero-order valence-electron chi connectivity index (χ0n) is 22.4. The number of hydrogen-bond donors (Lipinski definition) is 1. The van der Waals surface area contributed by atoms with Gasteiger partial charge in [-0.2, -0.15) is 4.98 Å². The van der Waals surface area contributed by atoms with Crippen LogP contribution in [0.15, 0.2) is 36.7 Å². The van der Waals surface area contributed by atoms with Crippen LogP contribution in [0.5, 0.6) is 0 Å². The van der Waals surface area contributed by atoms with Crippen LogP contribution in [0.1, 0.15) is 17.5 Å². The zero-order valence-corrected chi connectivity index (χ0v) is 22.4. The number of nitrogen functional groups attached to an aromatic ring is 1. The molecule has 6 rings (SSSR count). The third-order valence-corrected chi connectivity index (χ3v) is 7.79. The van der Waals surface area contributed by atoms with Crippen molar-refractivity contribution in [3.63, 3.8) is 0 Å². The molecule has 1 amide bonds. The molecule has 2 fully saturated rings. The van der Waals surface area contributed by atoms with E-state index >= 15 is 0 Å². The molecular formula is C28H35N9O2. The van der Waals surface area contributed by atoms with E-state index in [2.05, 4.69) is 56.0 Å². The number of benzene rings is 1. The Balaban J connectivity index is 1.22. The molecule has 3 aromatic rings. The summed E-state index contributed by atoms with van der Waals surface area (Å²) in [5, 5.41) is 0. The fourth-order valence-electron chi connectivity index (χ4n) is 5.41. The summed E-state index contributed by atoms with van der Waals surface area (Å²) in [5.41, 5.74) is 10.8. The lowest BCUT2D eigenvalue weighted by Crippen LogP contribution is -2.47. The first-order valence-corrected chi connectivity index (χ1v) is 13.7. The number of morpholine rings is 1. The smallest absolute Gasteiger partial charge is 0.228 e. The van der Waals surface area contributed by atoms with Crippen molar-refractivity contribution in [1.29, 1.82) is 0 Å². The fourth-order valence-corrected chi connectivity index (χ4v) is 5.41. The second-order valence-corrected chi connectivity index (χ2v) is 10.4. The molecule has 0 atom stereocenters. The third kappa shape index (κ3) is 5.50. The molecule has 3 aliphatic rings. The first kappa shape index (κ1) is 25.4. The quantitative estimate of drug-likeness (QED) is 0.506. The average molecular weight is 530 g/mol. The highest BCUT2D eigenvalue weighted by molar-refractivity contribution is 5.78. The number of likely N-dealkylation sites (N-methyl/N-ethyl adjacent to an activating group) is 1. The molecular weight excluding hydrogens is 494 g/mol. The van der Waals surface area contributed by atoms with Crippen molar-refractivity contribution in [2.24, 2.45) is 0 Å². The van der Waals surface area contributed by atoms with Crippen molar-refractivity contribution in [1.82, 2.24) is 29.7 Å². The molecule has 11 nitrogen and oxygen atoms in total. The molecule has 0 radical (unpaired) electrons. The van der Waals surface area contributed by atoms with Crippen molar-refractivity contribution in [3.05, 3.63) is 47.8 Å². The van der Waals surface area contributed by atoms with Crippen LogP contribution in [0, 0.1) is 0 Å². The van der Waals surface area contributed by atoms with Gasteiger partial charge in [-0.05, 0) is 37.6 Å². The summed E-state index contributed by atoms with van der Waals surface area (Å²) in [7, 11) is 2.10. The lowest BCUT2D eigenvalue weighted by atomic mass is 10.1. The van der Waals surface area contributed by atoms with E-state index in [4.69, 9.17) is 20.4 Å². The largest absolute Gasteiger partial charge is 0.378 e. The number of nitrogens with zero attached hydrogens (tertiary/aromatic N) is 8. The van der Waals surface area contributed by atoms with Gasteiger partial charge in [0.05, 0.1) is 18.9 Å². The molecule has 1 aromatic carbocycles. The molecule has 0 aliphatic carbocycles. The Kier molecular flexibility index (Phi) is 7.25. The number of anilines is 4. The number of aromatic nitrogens is 4. The van der Waals surface area contributed by atoms with Crippen molar-refractivity contribution in [2.45, 2.75) is 19.3 Å². The van der Waals surface area contributed by atoms with E-state index in [1.165, 1.54) is 0 Å². The predicted molar refractivity (Wildman–Crippen MR) is 150 cm³/mol. The molecule has 0 saturated carbocycles. The maximum Gasteiger partial charge on any atom is 0.228 e. The number of rotatable bonds is 6. The number of ether oxygens (including phenoxy) is 1. The van der Waals surface area contributed by atoms with Gasteiger partial charge < -0.3 is 30.1 Å². The molecule has 204 valence electrons. The van der Waals surface area contributed by atoms with E-state index in [0.717, 1.165) is 92.5 Å². The van der Waals surface area contributed by atoms with Gasteiger partial charge in [-0.1, -0.05) is 12.1 Å². The van der Waals surface area contributed by atoms with Gasteiger partial charge in [0, 0.05) is 81.4 Å². The molecule has 5 heterocycles. The number of aryl methyl sites for hydroxylation is 1. The van der Waals surface area contributed by atoms with E-state index in [1.54, 1.807) is 12.4 Å². The monoisotopic (exact) mass is 529 g/mol. The van der Waals surface area contributed by atoms with Gasteiger partial charge in [-0.3, -0.25) is 4.79 Å². The Morgan fingerprint density at radius 2 is 1.67 bits per heavy atom. The van der Waals surface area contributed by atoms with E-state index in [9.17, 15) is 4.79 Å². The SMILES string of the molecule is CN1CCN(C(=O)CCc2ccc(N3CCc4c(-c5cnc(N)nc5)nc(N5CCOCC5)nc43)cc2)CC1. The number of fused-ring (bicyclic) bond motifs is 1.